The van der Waals surface area contributed by atoms with Crippen LogP contribution in [0, 0.1) is 5.41 Å². The first-order valence-electron chi connectivity index (χ1n) is 6.79. The van der Waals surface area contributed by atoms with E-state index in [0.717, 1.165) is 24.8 Å². The predicted molar refractivity (Wildman–Crippen MR) is 73.4 cm³/mol. The van der Waals surface area contributed by atoms with E-state index in [0.29, 0.717) is 6.04 Å². The zero-order valence-corrected chi connectivity index (χ0v) is 11.7. The van der Waals surface area contributed by atoms with Crippen LogP contribution in [0.15, 0.2) is 19.0 Å². The largest absolute Gasteiger partial charge is 0.313 e. The molecule has 1 saturated carbocycles. The quantitative estimate of drug-likeness (QED) is 0.753. The Hall–Kier alpha value is -1.16. The van der Waals surface area contributed by atoms with Crippen molar-refractivity contribution in [1.82, 2.24) is 20.1 Å². The summed E-state index contributed by atoms with van der Waals surface area (Å²) in [7, 11) is 0. The lowest BCUT2D eigenvalue weighted by Gasteiger charge is -2.26. The van der Waals surface area contributed by atoms with Crippen LogP contribution in [0.2, 0.25) is 0 Å². The number of hydrogen-bond acceptors (Lipinski definition) is 3. The summed E-state index contributed by atoms with van der Waals surface area (Å²) in [6.45, 7) is 11.4. The fraction of sp³-hybridized carbons (Fsp3) is 0.714. The van der Waals surface area contributed by atoms with Gasteiger partial charge < -0.3 is 5.32 Å². The lowest BCUT2D eigenvalue weighted by atomic mass is 9.86. The summed E-state index contributed by atoms with van der Waals surface area (Å²) in [5.74, 6) is 1.05. The summed E-state index contributed by atoms with van der Waals surface area (Å²) in [6, 6.07) is 1.08. The van der Waals surface area contributed by atoms with E-state index in [1.165, 1.54) is 12.8 Å². The van der Waals surface area contributed by atoms with Crippen molar-refractivity contribution < 1.29 is 0 Å². The number of hydrogen-bond donors (Lipinski definition) is 1. The first kappa shape index (κ1) is 13.3. The molecule has 1 atom stereocenters. The normalized spacial score (nSPS) is 18.9. The molecule has 0 aromatic carbocycles. The molecule has 0 saturated heterocycles. The maximum atomic E-state index is 4.39. The van der Waals surface area contributed by atoms with Gasteiger partial charge in [0.1, 0.15) is 12.2 Å². The Kier molecular flexibility index (Phi) is 3.85. The van der Waals surface area contributed by atoms with Crippen molar-refractivity contribution in [3.63, 3.8) is 0 Å². The van der Waals surface area contributed by atoms with Crippen LogP contribution in [-0.4, -0.2) is 27.4 Å². The molecule has 18 heavy (non-hydrogen) atoms. The lowest BCUT2D eigenvalue weighted by Crippen LogP contribution is -2.34. The van der Waals surface area contributed by atoms with Crippen molar-refractivity contribution in [1.29, 1.82) is 0 Å². The Morgan fingerprint density at radius 1 is 1.61 bits per heavy atom. The summed E-state index contributed by atoms with van der Waals surface area (Å²) in [5, 5.41) is 7.87. The van der Waals surface area contributed by atoms with Gasteiger partial charge in [-0.05, 0) is 26.7 Å². The molecule has 4 nitrogen and oxygen atoms in total. The summed E-state index contributed by atoms with van der Waals surface area (Å²) in [5.41, 5.74) is 0.0439. The number of rotatable bonds is 7. The first-order chi connectivity index (χ1) is 8.54. The molecule has 0 spiro atoms. The van der Waals surface area contributed by atoms with Gasteiger partial charge in [0.05, 0.1) is 0 Å². The summed E-state index contributed by atoms with van der Waals surface area (Å²) < 4.78 is 2.00. The highest BCUT2D eigenvalue weighted by atomic mass is 15.3. The van der Waals surface area contributed by atoms with Crippen LogP contribution in [-0.2, 0) is 6.42 Å². The van der Waals surface area contributed by atoms with Crippen LogP contribution in [0.5, 0.6) is 0 Å². The monoisotopic (exact) mass is 248 g/mol. The minimum Gasteiger partial charge on any atom is -0.313 e. The molecule has 1 aliphatic rings. The Morgan fingerprint density at radius 3 is 2.89 bits per heavy atom. The summed E-state index contributed by atoms with van der Waals surface area (Å²) >= 11 is 0. The number of nitrogens with zero attached hydrogens (tertiary/aromatic N) is 3. The van der Waals surface area contributed by atoms with E-state index >= 15 is 0 Å². The summed E-state index contributed by atoms with van der Waals surface area (Å²) in [6.07, 6.45) is 7.20. The third kappa shape index (κ3) is 3.19. The zero-order valence-electron chi connectivity index (χ0n) is 11.7. The Bertz CT molecular complexity index is 406. The van der Waals surface area contributed by atoms with Crippen molar-refractivity contribution in [2.24, 2.45) is 5.41 Å². The first-order valence-corrected chi connectivity index (χ1v) is 6.79. The molecule has 1 N–H and O–H groups in total. The van der Waals surface area contributed by atoms with E-state index in [4.69, 9.17) is 0 Å². The number of aromatic nitrogens is 3. The van der Waals surface area contributed by atoms with Gasteiger partial charge in [-0.3, -0.25) is 0 Å². The fourth-order valence-corrected chi connectivity index (χ4v) is 2.06. The second kappa shape index (κ2) is 5.22. The highest BCUT2D eigenvalue weighted by Crippen LogP contribution is 2.26. The average molecular weight is 248 g/mol. The van der Waals surface area contributed by atoms with Crippen LogP contribution < -0.4 is 5.32 Å². The van der Waals surface area contributed by atoms with Crippen LogP contribution in [0.3, 0.4) is 0 Å². The molecule has 1 heterocycles. The predicted octanol–water partition coefficient (Wildman–Crippen LogP) is 2.35. The average Bonchev–Trinajstić information content (AvgIpc) is 3.06. The molecule has 1 fully saturated rings. The van der Waals surface area contributed by atoms with Gasteiger partial charge in [0.15, 0.2) is 0 Å². The van der Waals surface area contributed by atoms with Crippen molar-refractivity contribution >= 4 is 0 Å². The molecule has 0 radical (unpaired) electrons. The molecule has 4 heteroatoms. The van der Waals surface area contributed by atoms with Crippen LogP contribution >= 0.6 is 0 Å². The van der Waals surface area contributed by atoms with Gasteiger partial charge >= 0.3 is 0 Å². The van der Waals surface area contributed by atoms with Gasteiger partial charge in [-0.15, -0.1) is 6.58 Å². The molecular formula is C14H24N4. The van der Waals surface area contributed by atoms with Gasteiger partial charge in [-0.1, -0.05) is 13.0 Å². The lowest BCUT2D eigenvalue weighted by molar-refractivity contribution is 0.365. The van der Waals surface area contributed by atoms with Crippen LogP contribution in [0.4, 0.5) is 0 Å². The minimum atomic E-state index is 0.0439. The summed E-state index contributed by atoms with van der Waals surface area (Å²) in [4.78, 5) is 4.39. The molecule has 1 aliphatic carbocycles. The highest BCUT2D eigenvalue weighted by molar-refractivity contribution is 5.03. The van der Waals surface area contributed by atoms with E-state index in [2.05, 4.69) is 42.7 Å². The van der Waals surface area contributed by atoms with E-state index < -0.39 is 0 Å². The highest BCUT2D eigenvalue weighted by Gasteiger charge is 2.28. The molecule has 0 amide bonds. The number of nitrogens with one attached hydrogen (secondary N) is 1. The second-order valence-corrected chi connectivity index (χ2v) is 5.90. The van der Waals surface area contributed by atoms with Crippen molar-refractivity contribution in [2.45, 2.75) is 52.1 Å². The van der Waals surface area contributed by atoms with Crippen LogP contribution in [0.1, 0.15) is 45.5 Å². The maximum absolute atomic E-state index is 4.39. The fourth-order valence-electron chi connectivity index (χ4n) is 2.06. The van der Waals surface area contributed by atoms with Crippen LogP contribution in [0.25, 0.3) is 0 Å². The zero-order chi connectivity index (χ0) is 13.2. The van der Waals surface area contributed by atoms with Crippen molar-refractivity contribution in [3.05, 3.63) is 24.8 Å². The third-order valence-corrected chi connectivity index (χ3v) is 3.56. The molecule has 100 valence electrons. The van der Waals surface area contributed by atoms with E-state index in [-0.39, 0.29) is 5.41 Å². The Balaban J connectivity index is 2.03. The van der Waals surface area contributed by atoms with Gasteiger partial charge in [-0.25, -0.2) is 9.67 Å². The molecule has 0 bridgehead atoms. The standard InChI is InChI=1S/C14H24N4/c1-5-14(4,9-15-12-6-7-12)8-13-16-10-17-18(13)11(2)3/h5,10-12,15H,1,6-9H2,2-4H3. The minimum absolute atomic E-state index is 0.0439. The van der Waals surface area contributed by atoms with E-state index in [9.17, 15) is 0 Å². The SMILES string of the molecule is C=CC(C)(CNC1CC1)Cc1ncnn1C(C)C. The van der Waals surface area contributed by atoms with Crippen molar-refractivity contribution in [2.75, 3.05) is 6.54 Å². The van der Waals surface area contributed by atoms with Gasteiger partial charge in [0.2, 0.25) is 0 Å². The third-order valence-electron chi connectivity index (χ3n) is 3.56. The smallest absolute Gasteiger partial charge is 0.138 e. The van der Waals surface area contributed by atoms with Gasteiger partial charge in [-0.2, -0.15) is 5.10 Å². The molecule has 2 rings (SSSR count). The molecule has 1 unspecified atom stereocenters. The van der Waals surface area contributed by atoms with Gasteiger partial charge in [0.25, 0.3) is 0 Å². The molecule has 1 aromatic heterocycles. The molecule has 0 aliphatic heterocycles. The molecule has 1 aromatic rings. The topological polar surface area (TPSA) is 42.7 Å². The second-order valence-electron chi connectivity index (χ2n) is 5.90. The van der Waals surface area contributed by atoms with Gasteiger partial charge in [0, 0.05) is 30.5 Å². The maximum Gasteiger partial charge on any atom is 0.138 e. The van der Waals surface area contributed by atoms with Crippen molar-refractivity contribution in [3.8, 4) is 0 Å². The Labute approximate surface area is 109 Å². The van der Waals surface area contributed by atoms with E-state index in [1.807, 2.05) is 10.8 Å². The van der Waals surface area contributed by atoms with E-state index in [1.54, 1.807) is 6.33 Å². The molecular weight excluding hydrogens is 224 g/mol. The Morgan fingerprint density at radius 2 is 2.33 bits per heavy atom.